The minimum absolute atomic E-state index is 0.325. The molecule has 0 spiro atoms. The van der Waals surface area contributed by atoms with E-state index >= 15 is 0 Å². The van der Waals surface area contributed by atoms with Gasteiger partial charge in [0.25, 0.3) is 0 Å². The van der Waals surface area contributed by atoms with Gasteiger partial charge < -0.3 is 9.31 Å². The fourth-order valence-electron chi connectivity index (χ4n) is 2.62. The lowest BCUT2D eigenvalue weighted by Gasteiger charge is -2.32. The van der Waals surface area contributed by atoms with Gasteiger partial charge in [-0.05, 0) is 46.1 Å². The summed E-state index contributed by atoms with van der Waals surface area (Å²) in [4.78, 5) is 0. The largest absolute Gasteiger partial charge is 0.495 e. The second-order valence-corrected chi connectivity index (χ2v) is 6.62. The Morgan fingerprint density at radius 2 is 1.70 bits per heavy atom. The van der Waals surface area contributed by atoms with Crippen LogP contribution in [0, 0.1) is 6.92 Å². The van der Waals surface area contributed by atoms with Crippen LogP contribution in [0.2, 0.25) is 0 Å². The van der Waals surface area contributed by atoms with Crippen LogP contribution in [0.5, 0.6) is 0 Å². The zero-order chi connectivity index (χ0) is 14.7. The minimum atomic E-state index is -0.340. The third kappa shape index (κ3) is 1.88. The quantitative estimate of drug-likeness (QED) is 0.746. The molecule has 3 rings (SSSR count). The summed E-state index contributed by atoms with van der Waals surface area (Å²) >= 11 is 0. The monoisotopic (exact) mass is 272 g/mol. The number of nitrogens with zero attached hydrogens (tertiary/aromatic N) is 2. The molecule has 2 heterocycles. The van der Waals surface area contributed by atoms with Gasteiger partial charge in [0.05, 0.1) is 16.7 Å². The average Bonchev–Trinajstić information content (AvgIpc) is 2.76. The van der Waals surface area contributed by atoms with Crippen LogP contribution in [0.4, 0.5) is 0 Å². The van der Waals surface area contributed by atoms with E-state index in [4.69, 9.17) is 9.31 Å². The molecule has 0 bridgehead atoms. The zero-order valence-electron chi connectivity index (χ0n) is 13.0. The van der Waals surface area contributed by atoms with Crippen LogP contribution < -0.4 is 5.46 Å². The molecule has 106 valence electrons. The molecule has 1 fully saturated rings. The molecule has 0 amide bonds. The molecule has 1 aromatic heterocycles. The second-order valence-electron chi connectivity index (χ2n) is 6.62. The lowest BCUT2D eigenvalue weighted by Crippen LogP contribution is -2.41. The highest BCUT2D eigenvalue weighted by Crippen LogP contribution is 2.37. The summed E-state index contributed by atoms with van der Waals surface area (Å²) in [5.41, 5.74) is 2.59. The van der Waals surface area contributed by atoms with E-state index in [-0.39, 0.29) is 18.3 Å². The third-order valence-electron chi connectivity index (χ3n) is 4.55. The maximum Gasteiger partial charge on any atom is 0.495 e. The van der Waals surface area contributed by atoms with E-state index in [0.717, 1.165) is 16.4 Å². The molecule has 2 aromatic rings. The number of hydrogen-bond donors (Lipinski definition) is 0. The van der Waals surface area contributed by atoms with Crippen molar-refractivity contribution in [3.05, 3.63) is 23.9 Å². The molecule has 5 heteroatoms. The summed E-state index contributed by atoms with van der Waals surface area (Å²) in [6.45, 7) is 10.4. The normalized spacial score (nSPS) is 20.8. The van der Waals surface area contributed by atoms with Gasteiger partial charge in [-0.1, -0.05) is 11.6 Å². The predicted molar refractivity (Wildman–Crippen MR) is 81.2 cm³/mol. The molecule has 1 saturated heterocycles. The van der Waals surface area contributed by atoms with Crippen molar-refractivity contribution in [3.63, 3.8) is 0 Å². The topological polar surface area (TPSA) is 36.3 Å². The lowest BCUT2D eigenvalue weighted by atomic mass is 9.74. The SMILES string of the molecule is Cc1ccc2nn(C)cc2c1B1OC(C)(C)C(C)(C)O1. The summed E-state index contributed by atoms with van der Waals surface area (Å²) in [5, 5.41) is 5.57. The van der Waals surface area contributed by atoms with E-state index in [1.54, 1.807) is 0 Å². The summed E-state index contributed by atoms with van der Waals surface area (Å²) in [6.07, 6.45) is 2.03. The van der Waals surface area contributed by atoms with Gasteiger partial charge >= 0.3 is 7.12 Å². The molecule has 0 aliphatic carbocycles. The van der Waals surface area contributed by atoms with Crippen molar-refractivity contribution in [2.24, 2.45) is 7.05 Å². The summed E-state index contributed by atoms with van der Waals surface area (Å²) in [5.74, 6) is 0. The molecule has 1 aromatic carbocycles. The van der Waals surface area contributed by atoms with Gasteiger partial charge in [0.1, 0.15) is 0 Å². The number of benzene rings is 1. The van der Waals surface area contributed by atoms with Crippen LogP contribution >= 0.6 is 0 Å². The van der Waals surface area contributed by atoms with E-state index < -0.39 is 0 Å². The van der Waals surface area contributed by atoms with Crippen molar-refractivity contribution in [3.8, 4) is 0 Å². The van der Waals surface area contributed by atoms with Gasteiger partial charge in [-0.2, -0.15) is 5.10 Å². The predicted octanol–water partition coefficient (Wildman–Crippen LogP) is 2.18. The van der Waals surface area contributed by atoms with Crippen molar-refractivity contribution >= 4 is 23.5 Å². The number of rotatable bonds is 1. The molecule has 0 radical (unpaired) electrons. The number of hydrogen-bond acceptors (Lipinski definition) is 3. The number of aryl methyl sites for hydroxylation is 2. The van der Waals surface area contributed by atoms with Crippen LogP contribution in [0.3, 0.4) is 0 Å². The highest BCUT2D eigenvalue weighted by atomic mass is 16.7. The molecule has 0 atom stereocenters. The number of fused-ring (bicyclic) bond motifs is 1. The Balaban J connectivity index is 2.14. The Kier molecular flexibility index (Phi) is 2.79. The van der Waals surface area contributed by atoms with E-state index in [9.17, 15) is 0 Å². The first-order chi connectivity index (χ1) is 9.21. The zero-order valence-corrected chi connectivity index (χ0v) is 13.0. The first-order valence-corrected chi connectivity index (χ1v) is 7.00. The van der Waals surface area contributed by atoms with Gasteiger partial charge in [-0.15, -0.1) is 0 Å². The highest BCUT2D eigenvalue weighted by Gasteiger charge is 2.52. The van der Waals surface area contributed by atoms with Gasteiger partial charge in [0.2, 0.25) is 0 Å². The van der Waals surface area contributed by atoms with Crippen molar-refractivity contribution in [2.75, 3.05) is 0 Å². The molecule has 1 aliphatic heterocycles. The van der Waals surface area contributed by atoms with E-state index in [1.807, 2.05) is 24.0 Å². The van der Waals surface area contributed by atoms with Gasteiger partial charge in [0.15, 0.2) is 0 Å². The Morgan fingerprint density at radius 3 is 2.30 bits per heavy atom. The smallest absolute Gasteiger partial charge is 0.399 e. The average molecular weight is 272 g/mol. The molecule has 0 unspecified atom stereocenters. The van der Waals surface area contributed by atoms with Crippen LogP contribution in [0.1, 0.15) is 33.3 Å². The first-order valence-electron chi connectivity index (χ1n) is 7.00. The molecular weight excluding hydrogens is 251 g/mol. The van der Waals surface area contributed by atoms with Crippen LogP contribution in [0.25, 0.3) is 10.9 Å². The fraction of sp³-hybridized carbons (Fsp3) is 0.533. The van der Waals surface area contributed by atoms with Crippen LogP contribution in [-0.4, -0.2) is 28.1 Å². The summed E-state index contributed by atoms with van der Waals surface area (Å²) < 4.78 is 14.2. The highest BCUT2D eigenvalue weighted by molar-refractivity contribution is 6.65. The molecule has 4 nitrogen and oxygen atoms in total. The number of aromatic nitrogens is 2. The third-order valence-corrected chi connectivity index (χ3v) is 4.55. The van der Waals surface area contributed by atoms with Crippen LogP contribution in [0.15, 0.2) is 18.3 Å². The summed E-state index contributed by atoms with van der Waals surface area (Å²) in [7, 11) is 1.59. The standard InChI is InChI=1S/C15H21BN2O2/c1-10-7-8-12-11(9-18(6)17-12)13(10)16-19-14(2,3)15(4,5)20-16/h7-9H,1-6H3. The molecule has 0 saturated carbocycles. The van der Waals surface area contributed by atoms with Crippen molar-refractivity contribution in [1.82, 2.24) is 9.78 Å². The Hall–Kier alpha value is -1.33. The van der Waals surface area contributed by atoms with E-state index in [2.05, 4.69) is 45.8 Å². The molecule has 20 heavy (non-hydrogen) atoms. The second kappa shape index (κ2) is 4.09. The van der Waals surface area contributed by atoms with Gasteiger partial charge in [-0.25, -0.2) is 0 Å². The van der Waals surface area contributed by atoms with Crippen LogP contribution in [-0.2, 0) is 16.4 Å². The van der Waals surface area contributed by atoms with Gasteiger partial charge in [0, 0.05) is 18.6 Å². The van der Waals surface area contributed by atoms with Crippen molar-refractivity contribution in [1.29, 1.82) is 0 Å². The van der Waals surface area contributed by atoms with Crippen molar-refractivity contribution < 1.29 is 9.31 Å². The molecule has 0 N–H and O–H groups in total. The maximum absolute atomic E-state index is 6.19. The van der Waals surface area contributed by atoms with E-state index in [0.29, 0.717) is 0 Å². The minimum Gasteiger partial charge on any atom is -0.399 e. The molecular formula is C15H21BN2O2. The Bertz CT molecular complexity index is 660. The lowest BCUT2D eigenvalue weighted by molar-refractivity contribution is 0.00578. The van der Waals surface area contributed by atoms with Gasteiger partial charge in [-0.3, -0.25) is 4.68 Å². The fourth-order valence-corrected chi connectivity index (χ4v) is 2.62. The molecule has 1 aliphatic rings. The maximum atomic E-state index is 6.19. The van der Waals surface area contributed by atoms with Crippen molar-refractivity contribution in [2.45, 2.75) is 45.8 Å². The summed E-state index contributed by atoms with van der Waals surface area (Å²) in [6, 6.07) is 4.12. The Morgan fingerprint density at radius 1 is 1.10 bits per heavy atom. The Labute approximate surface area is 120 Å². The van der Waals surface area contributed by atoms with E-state index in [1.165, 1.54) is 5.56 Å². The first kappa shape index (κ1) is 13.6.